The van der Waals surface area contributed by atoms with Crippen molar-refractivity contribution in [3.8, 4) is 0 Å². The maximum Gasteiger partial charge on any atom is 0.235 e. The summed E-state index contributed by atoms with van der Waals surface area (Å²) < 4.78 is 22.7. The molecule has 0 heterocycles. The second kappa shape index (κ2) is 5.99. The Morgan fingerprint density at radius 2 is 1.58 bits per heavy atom. The fraction of sp³-hybridized carbons (Fsp3) is 0.857. The molecule has 0 rings (SSSR count). The third-order valence-corrected chi connectivity index (χ3v) is 1.38. The third kappa shape index (κ3) is 9.42. The van der Waals surface area contributed by atoms with Crippen LogP contribution in [0.3, 0.4) is 0 Å². The van der Waals surface area contributed by atoms with Gasteiger partial charge >= 0.3 is 0 Å². The Bertz CT molecular complexity index is 219. The van der Waals surface area contributed by atoms with E-state index in [-0.39, 0.29) is 5.92 Å². The van der Waals surface area contributed by atoms with Crippen molar-refractivity contribution in [3.63, 3.8) is 0 Å². The van der Waals surface area contributed by atoms with Crippen LogP contribution in [0.5, 0.6) is 0 Å². The van der Waals surface area contributed by atoms with E-state index in [1.54, 1.807) is 13.8 Å². The summed E-state index contributed by atoms with van der Waals surface area (Å²) in [7, 11) is -3.37. The first-order valence-electron chi connectivity index (χ1n) is 3.84. The Hall–Kier alpha value is -0.580. The van der Waals surface area contributed by atoms with Crippen molar-refractivity contribution in [1.29, 1.82) is 0 Å². The van der Waals surface area contributed by atoms with Gasteiger partial charge < -0.3 is 0 Å². The summed E-state index contributed by atoms with van der Waals surface area (Å²) in [6.07, 6.45) is 0.952. The van der Waals surface area contributed by atoms with Crippen molar-refractivity contribution >= 4 is 15.9 Å². The predicted octanol–water partition coefficient (Wildman–Crippen LogP) is 0.744. The zero-order valence-electron chi connectivity index (χ0n) is 8.21. The van der Waals surface area contributed by atoms with E-state index in [1.165, 1.54) is 0 Å². The van der Waals surface area contributed by atoms with E-state index in [0.717, 1.165) is 6.26 Å². The monoisotopic (exact) mass is 195 g/mol. The number of rotatable bonds is 2. The maximum atomic E-state index is 10.7. The fourth-order valence-electron chi connectivity index (χ4n) is 0.301. The smallest absolute Gasteiger partial charge is 0.235 e. The van der Waals surface area contributed by atoms with Crippen LogP contribution in [0.15, 0.2) is 0 Å². The molecule has 12 heavy (non-hydrogen) atoms. The molecule has 0 aromatic rings. The predicted molar refractivity (Wildman–Crippen MR) is 49.2 cm³/mol. The normalized spacial score (nSPS) is 10.2. The minimum Gasteiger partial charge on any atom is -0.274 e. The van der Waals surface area contributed by atoms with Gasteiger partial charge in [-0.1, -0.05) is 27.7 Å². The molecule has 1 N–H and O–H groups in total. The third-order valence-electron chi connectivity index (χ3n) is 0.810. The Morgan fingerprint density at radius 1 is 1.25 bits per heavy atom. The van der Waals surface area contributed by atoms with Gasteiger partial charge in [0.25, 0.3) is 0 Å². The summed E-state index contributed by atoms with van der Waals surface area (Å²) in [5, 5.41) is 0. The zero-order valence-corrected chi connectivity index (χ0v) is 9.03. The lowest BCUT2D eigenvalue weighted by molar-refractivity contribution is -0.122. The number of nitrogens with one attached hydrogen (secondary N) is 1. The van der Waals surface area contributed by atoms with E-state index >= 15 is 0 Å². The first-order valence-corrected chi connectivity index (χ1v) is 5.73. The number of hydrogen-bond acceptors (Lipinski definition) is 3. The van der Waals surface area contributed by atoms with Crippen molar-refractivity contribution in [2.24, 2.45) is 5.92 Å². The highest BCUT2D eigenvalue weighted by Crippen LogP contribution is 1.91. The van der Waals surface area contributed by atoms with Crippen LogP contribution >= 0.6 is 0 Å². The van der Waals surface area contributed by atoms with Crippen LogP contribution in [0.4, 0.5) is 0 Å². The zero-order chi connectivity index (χ0) is 10.4. The van der Waals surface area contributed by atoms with Gasteiger partial charge in [0.15, 0.2) is 0 Å². The fourth-order valence-corrected chi connectivity index (χ4v) is 0.902. The highest BCUT2D eigenvalue weighted by atomic mass is 32.2. The Labute approximate surface area is 74.4 Å². The molecular formula is C7H17NO3S. The summed E-state index contributed by atoms with van der Waals surface area (Å²) in [5.41, 5.74) is 0. The molecule has 0 aliphatic rings. The molecule has 5 heteroatoms. The van der Waals surface area contributed by atoms with Gasteiger partial charge in [-0.25, -0.2) is 8.42 Å². The van der Waals surface area contributed by atoms with E-state index in [1.807, 2.05) is 18.6 Å². The van der Waals surface area contributed by atoms with Crippen molar-refractivity contribution in [1.82, 2.24) is 4.72 Å². The van der Waals surface area contributed by atoms with Gasteiger partial charge in [-0.05, 0) is 0 Å². The lowest BCUT2D eigenvalue weighted by atomic mass is 10.2. The second-order valence-electron chi connectivity index (χ2n) is 2.39. The molecule has 0 aliphatic heterocycles. The molecule has 1 amide bonds. The highest BCUT2D eigenvalue weighted by Gasteiger charge is 2.10. The number of carbonyl (C=O) groups is 1. The van der Waals surface area contributed by atoms with Crippen LogP contribution in [0, 0.1) is 5.92 Å². The van der Waals surface area contributed by atoms with Crippen molar-refractivity contribution in [3.05, 3.63) is 0 Å². The van der Waals surface area contributed by atoms with Crippen LogP contribution in [-0.4, -0.2) is 20.6 Å². The molecule has 0 bridgehead atoms. The molecule has 0 spiro atoms. The van der Waals surface area contributed by atoms with Crippen LogP contribution in [0.1, 0.15) is 27.7 Å². The van der Waals surface area contributed by atoms with Gasteiger partial charge in [0.05, 0.1) is 6.26 Å². The lowest BCUT2D eigenvalue weighted by Crippen LogP contribution is -2.32. The molecule has 0 fully saturated rings. The maximum absolute atomic E-state index is 10.7. The lowest BCUT2D eigenvalue weighted by Gasteiger charge is -2.03. The van der Waals surface area contributed by atoms with Gasteiger partial charge in [-0.2, -0.15) is 0 Å². The average molecular weight is 195 g/mol. The summed E-state index contributed by atoms with van der Waals surface area (Å²) in [5.74, 6) is -0.766. The van der Waals surface area contributed by atoms with Gasteiger partial charge in [-0.3, -0.25) is 9.52 Å². The number of hydrogen-bond donors (Lipinski definition) is 1. The van der Waals surface area contributed by atoms with Crippen molar-refractivity contribution in [2.45, 2.75) is 27.7 Å². The van der Waals surface area contributed by atoms with E-state index < -0.39 is 15.9 Å². The van der Waals surface area contributed by atoms with Crippen LogP contribution in [0.2, 0.25) is 0 Å². The van der Waals surface area contributed by atoms with Gasteiger partial charge in [0, 0.05) is 5.92 Å². The first-order chi connectivity index (χ1) is 5.33. The Kier molecular flexibility index (Phi) is 6.98. The van der Waals surface area contributed by atoms with E-state index in [2.05, 4.69) is 0 Å². The number of carbonyl (C=O) groups excluding carboxylic acids is 1. The highest BCUT2D eigenvalue weighted by molar-refractivity contribution is 7.89. The summed E-state index contributed by atoms with van der Waals surface area (Å²) in [4.78, 5) is 10.7. The molecule has 0 saturated carbocycles. The largest absolute Gasteiger partial charge is 0.274 e. The molecule has 0 saturated heterocycles. The molecule has 0 aromatic heterocycles. The summed E-state index contributed by atoms with van der Waals surface area (Å²) in [6, 6.07) is 0. The van der Waals surface area contributed by atoms with Gasteiger partial charge in [0.2, 0.25) is 15.9 Å². The quantitative estimate of drug-likeness (QED) is 0.707. The molecule has 0 radical (unpaired) electrons. The van der Waals surface area contributed by atoms with E-state index in [9.17, 15) is 13.2 Å². The number of amides is 1. The Morgan fingerprint density at radius 3 is 1.67 bits per heavy atom. The van der Waals surface area contributed by atoms with E-state index in [4.69, 9.17) is 0 Å². The second-order valence-corrected chi connectivity index (χ2v) is 4.14. The summed E-state index contributed by atoms with van der Waals surface area (Å²) >= 11 is 0. The molecule has 0 aromatic carbocycles. The SMILES string of the molecule is CC.CC(C)C(=O)NS(C)(=O)=O. The standard InChI is InChI=1S/C5H11NO3S.C2H6/c1-4(2)5(7)6-10(3,8)9;1-2/h4H,1-3H3,(H,6,7);1-2H3. The molecule has 0 unspecified atom stereocenters. The van der Waals surface area contributed by atoms with Crippen LogP contribution in [-0.2, 0) is 14.8 Å². The Balaban J connectivity index is 0. The minimum absolute atomic E-state index is 0.297. The molecule has 0 atom stereocenters. The van der Waals surface area contributed by atoms with Crippen LogP contribution in [0.25, 0.3) is 0 Å². The molecule has 4 nitrogen and oxygen atoms in total. The summed E-state index contributed by atoms with van der Waals surface area (Å²) in [6.45, 7) is 7.25. The van der Waals surface area contributed by atoms with Crippen molar-refractivity contribution in [2.75, 3.05) is 6.26 Å². The van der Waals surface area contributed by atoms with Crippen molar-refractivity contribution < 1.29 is 13.2 Å². The van der Waals surface area contributed by atoms with Gasteiger partial charge in [-0.15, -0.1) is 0 Å². The molecule has 0 aliphatic carbocycles. The van der Waals surface area contributed by atoms with Gasteiger partial charge in [0.1, 0.15) is 0 Å². The first kappa shape index (κ1) is 14.0. The minimum atomic E-state index is -3.37. The number of sulfonamides is 1. The van der Waals surface area contributed by atoms with E-state index in [0.29, 0.717) is 0 Å². The van der Waals surface area contributed by atoms with Crippen LogP contribution < -0.4 is 4.72 Å². The average Bonchev–Trinajstić information content (AvgIpc) is 1.88. The molecule has 74 valence electrons. The molecular weight excluding hydrogens is 178 g/mol. The topological polar surface area (TPSA) is 63.2 Å².